The number of fused-ring (bicyclic) bond motifs is 1. The lowest BCUT2D eigenvalue weighted by atomic mass is 9.80. The van der Waals surface area contributed by atoms with Crippen LogP contribution in [0.25, 0.3) is 17.0 Å². The van der Waals surface area contributed by atoms with Gasteiger partial charge in [-0.3, -0.25) is 4.79 Å². The van der Waals surface area contributed by atoms with E-state index in [4.69, 9.17) is 18.6 Å². The zero-order chi connectivity index (χ0) is 29.1. The van der Waals surface area contributed by atoms with Crippen LogP contribution in [0.2, 0.25) is 0 Å². The van der Waals surface area contributed by atoms with E-state index in [9.17, 15) is 15.0 Å². The van der Waals surface area contributed by atoms with Crippen LogP contribution >= 0.6 is 0 Å². The first-order valence-corrected chi connectivity index (χ1v) is 14.9. The summed E-state index contributed by atoms with van der Waals surface area (Å²) in [6.45, 7) is 8.65. The number of benzene rings is 2. The Bertz CT molecular complexity index is 1350. The maximum Gasteiger partial charge on any atom is 0.189 e. The number of carbonyl (C=O) groups is 1. The normalized spacial score (nSPS) is 26.7. The second-order valence-corrected chi connectivity index (χ2v) is 11.7. The predicted molar refractivity (Wildman–Crippen MR) is 158 cm³/mol. The van der Waals surface area contributed by atoms with Gasteiger partial charge in [0.2, 0.25) is 0 Å². The Balaban J connectivity index is 1.47. The number of aldehydes is 1. The molecule has 3 heterocycles. The van der Waals surface area contributed by atoms with Gasteiger partial charge in [0.25, 0.3) is 0 Å². The number of ether oxygens (including phenoxy) is 3. The van der Waals surface area contributed by atoms with Crippen molar-refractivity contribution in [3.8, 4) is 5.75 Å². The lowest BCUT2D eigenvalue weighted by Gasteiger charge is -2.39. The van der Waals surface area contributed by atoms with E-state index in [2.05, 4.69) is 26.8 Å². The van der Waals surface area contributed by atoms with Crippen molar-refractivity contribution in [2.24, 2.45) is 5.92 Å². The minimum Gasteiger partial charge on any atom is -0.488 e. The van der Waals surface area contributed by atoms with Crippen molar-refractivity contribution in [3.63, 3.8) is 0 Å². The molecule has 7 nitrogen and oxygen atoms in total. The highest BCUT2D eigenvalue weighted by molar-refractivity contribution is 6.00. The number of aliphatic hydroxyl groups excluding tert-OH is 2. The molecule has 6 atom stereocenters. The SMILES string of the molecule is CCCC(c1coc2c(C=O)c(OCC=Cc3ccccc3)c(CC(C)C)cc12)C1CC(O)C2(OC2CC)C(O)O1. The number of epoxide rings is 1. The predicted octanol–water partition coefficient (Wildman–Crippen LogP) is 6.44. The van der Waals surface area contributed by atoms with E-state index in [1.807, 2.05) is 49.4 Å². The number of hydrogen-bond acceptors (Lipinski definition) is 7. The first kappa shape index (κ1) is 29.5. The molecular weight excluding hydrogens is 520 g/mol. The fraction of sp³-hybridized carbons (Fsp3) is 0.500. The summed E-state index contributed by atoms with van der Waals surface area (Å²) in [5.41, 5.74) is 2.78. The van der Waals surface area contributed by atoms with Gasteiger partial charge in [-0.2, -0.15) is 0 Å². The zero-order valence-electron chi connectivity index (χ0n) is 24.4. The van der Waals surface area contributed by atoms with Crippen LogP contribution in [-0.2, 0) is 15.9 Å². The van der Waals surface area contributed by atoms with Crippen LogP contribution in [-0.4, -0.2) is 53.3 Å². The Morgan fingerprint density at radius 3 is 2.59 bits per heavy atom. The summed E-state index contributed by atoms with van der Waals surface area (Å²) in [5, 5.41) is 22.8. The van der Waals surface area contributed by atoms with E-state index in [-0.39, 0.29) is 12.0 Å². The third-order valence-corrected chi connectivity index (χ3v) is 8.42. The van der Waals surface area contributed by atoms with E-state index in [1.165, 1.54) is 0 Å². The molecule has 2 aliphatic heterocycles. The fourth-order valence-corrected chi connectivity index (χ4v) is 6.42. The minimum atomic E-state index is -1.20. The quantitative estimate of drug-likeness (QED) is 0.194. The summed E-state index contributed by atoms with van der Waals surface area (Å²) in [4.78, 5) is 12.5. The molecule has 1 aromatic heterocycles. The molecule has 0 aliphatic carbocycles. The smallest absolute Gasteiger partial charge is 0.189 e. The second kappa shape index (κ2) is 12.5. The molecular formula is C34H42O7. The van der Waals surface area contributed by atoms with Gasteiger partial charge in [0.05, 0.1) is 30.1 Å². The van der Waals surface area contributed by atoms with Crippen molar-refractivity contribution in [2.75, 3.05) is 6.61 Å². The minimum absolute atomic E-state index is 0.145. The van der Waals surface area contributed by atoms with Gasteiger partial charge < -0.3 is 28.8 Å². The number of carbonyl (C=O) groups excluding carboxylic acids is 1. The van der Waals surface area contributed by atoms with Gasteiger partial charge in [-0.25, -0.2) is 0 Å². The van der Waals surface area contributed by atoms with E-state index >= 15 is 0 Å². The molecule has 0 saturated carbocycles. The maximum absolute atomic E-state index is 12.5. The van der Waals surface area contributed by atoms with Crippen molar-refractivity contribution >= 4 is 23.3 Å². The third-order valence-electron chi connectivity index (χ3n) is 8.42. The van der Waals surface area contributed by atoms with Gasteiger partial charge in [-0.05, 0) is 48.4 Å². The largest absolute Gasteiger partial charge is 0.488 e. The number of hydrogen-bond donors (Lipinski definition) is 2. The van der Waals surface area contributed by atoms with Crippen LogP contribution in [0.5, 0.6) is 5.75 Å². The van der Waals surface area contributed by atoms with E-state index in [0.29, 0.717) is 42.3 Å². The first-order chi connectivity index (χ1) is 19.8. The molecule has 0 radical (unpaired) electrons. The van der Waals surface area contributed by atoms with Crippen LogP contribution in [0.1, 0.15) is 86.3 Å². The number of furan rings is 1. The summed E-state index contributed by atoms with van der Waals surface area (Å²) >= 11 is 0. The molecule has 2 aliphatic rings. The molecule has 41 heavy (non-hydrogen) atoms. The molecule has 2 N–H and O–H groups in total. The molecule has 5 rings (SSSR count). The van der Waals surface area contributed by atoms with Gasteiger partial charge >= 0.3 is 0 Å². The molecule has 2 aromatic carbocycles. The molecule has 220 valence electrons. The van der Waals surface area contributed by atoms with E-state index < -0.39 is 24.1 Å². The van der Waals surface area contributed by atoms with Gasteiger partial charge in [0.15, 0.2) is 18.2 Å². The van der Waals surface area contributed by atoms with Crippen LogP contribution in [0.15, 0.2) is 53.2 Å². The topological polar surface area (TPSA) is 102 Å². The summed E-state index contributed by atoms with van der Waals surface area (Å²) in [7, 11) is 0. The highest BCUT2D eigenvalue weighted by Crippen LogP contribution is 2.51. The molecule has 3 aromatic rings. The Morgan fingerprint density at radius 1 is 1.17 bits per heavy atom. The zero-order valence-corrected chi connectivity index (χ0v) is 24.4. The Hall–Kier alpha value is -2.97. The van der Waals surface area contributed by atoms with Crippen LogP contribution in [0.3, 0.4) is 0 Å². The maximum atomic E-state index is 12.5. The molecule has 2 saturated heterocycles. The monoisotopic (exact) mass is 562 g/mol. The van der Waals surface area contributed by atoms with Gasteiger partial charge in [-0.15, -0.1) is 0 Å². The number of aliphatic hydroxyl groups is 2. The molecule has 0 bridgehead atoms. The van der Waals surface area contributed by atoms with Crippen LogP contribution in [0, 0.1) is 5.92 Å². The third kappa shape index (κ3) is 5.73. The van der Waals surface area contributed by atoms with E-state index in [1.54, 1.807) is 6.26 Å². The van der Waals surface area contributed by atoms with Crippen molar-refractivity contribution in [1.29, 1.82) is 0 Å². The van der Waals surface area contributed by atoms with Crippen molar-refractivity contribution in [1.82, 2.24) is 0 Å². The molecule has 7 heteroatoms. The highest BCUT2D eigenvalue weighted by Gasteiger charge is 2.68. The Kier molecular flexibility index (Phi) is 9.00. The van der Waals surface area contributed by atoms with Gasteiger partial charge in [0.1, 0.15) is 17.9 Å². The summed E-state index contributed by atoms with van der Waals surface area (Å²) in [6.07, 6.45) is 7.19. The summed E-state index contributed by atoms with van der Waals surface area (Å²) in [6, 6.07) is 12.1. The van der Waals surface area contributed by atoms with Crippen molar-refractivity contribution in [2.45, 2.75) is 95.9 Å². The van der Waals surface area contributed by atoms with Crippen LogP contribution < -0.4 is 4.74 Å². The number of rotatable bonds is 12. The lowest BCUT2D eigenvalue weighted by Crippen LogP contribution is -2.53. The lowest BCUT2D eigenvalue weighted by molar-refractivity contribution is -0.236. The van der Waals surface area contributed by atoms with Crippen LogP contribution in [0.4, 0.5) is 0 Å². The second-order valence-electron chi connectivity index (χ2n) is 11.7. The molecule has 6 unspecified atom stereocenters. The average Bonchev–Trinajstić information content (AvgIpc) is 3.57. The molecule has 1 spiro atoms. The van der Waals surface area contributed by atoms with Gasteiger partial charge in [-0.1, -0.05) is 70.5 Å². The van der Waals surface area contributed by atoms with E-state index in [0.717, 1.165) is 47.6 Å². The summed E-state index contributed by atoms with van der Waals surface area (Å²) in [5.74, 6) is 0.739. The van der Waals surface area contributed by atoms with Crippen molar-refractivity contribution in [3.05, 3.63) is 71.0 Å². The van der Waals surface area contributed by atoms with Gasteiger partial charge in [0, 0.05) is 23.3 Å². The molecule has 0 amide bonds. The fourth-order valence-electron chi connectivity index (χ4n) is 6.42. The molecule has 2 fully saturated rings. The highest BCUT2D eigenvalue weighted by atomic mass is 16.7. The first-order valence-electron chi connectivity index (χ1n) is 14.9. The summed E-state index contributed by atoms with van der Waals surface area (Å²) < 4.78 is 24.2. The Labute approximate surface area is 242 Å². The Morgan fingerprint density at radius 2 is 1.95 bits per heavy atom. The standard InChI is InChI=1S/C34H42O7/c1-5-11-24(28-18-29(36)34(33(37)40-28)30(6-2)41-34)27-20-39-32-25(27)17-23(16-21(3)4)31(26(32)19-35)38-15-10-14-22-12-8-7-9-13-22/h7-10,12-14,17,19-21,24,28-30,33,36-37H,5-6,11,15-16,18H2,1-4H3. The van der Waals surface area contributed by atoms with Crippen molar-refractivity contribution < 1.29 is 33.6 Å². The average molecular weight is 563 g/mol.